The summed E-state index contributed by atoms with van der Waals surface area (Å²) in [6, 6.07) is 6.15. The van der Waals surface area contributed by atoms with Gasteiger partial charge in [-0.05, 0) is 24.6 Å². The van der Waals surface area contributed by atoms with E-state index in [4.69, 9.17) is 9.47 Å². The molecule has 1 aliphatic carbocycles. The fourth-order valence-corrected chi connectivity index (χ4v) is 5.54. The number of methoxy groups -OCH3 is 1. The van der Waals surface area contributed by atoms with E-state index in [0.29, 0.717) is 50.6 Å². The fraction of sp³-hybridized carbons (Fsp3) is 0.400. The molecule has 3 aromatic heterocycles. The number of amides is 1. The van der Waals surface area contributed by atoms with Crippen LogP contribution in [0.1, 0.15) is 6.42 Å². The number of anilines is 1. The third-order valence-corrected chi connectivity index (χ3v) is 8.81. The van der Waals surface area contributed by atoms with E-state index in [9.17, 15) is 9.18 Å². The van der Waals surface area contributed by atoms with Crippen LogP contribution in [0.4, 0.5) is 14.6 Å². The number of benzene rings is 1. The third-order valence-electron chi connectivity index (χ3n) is 6.27. The van der Waals surface area contributed by atoms with Gasteiger partial charge in [0.25, 0.3) is 0 Å². The number of pyridine rings is 1. The lowest BCUT2D eigenvalue weighted by molar-refractivity contribution is -0.117. The number of halogens is 2. The van der Waals surface area contributed by atoms with Crippen molar-refractivity contribution in [1.82, 2.24) is 14.5 Å². The number of rotatable bonds is 9. The van der Waals surface area contributed by atoms with Crippen molar-refractivity contribution in [2.75, 3.05) is 19.0 Å². The van der Waals surface area contributed by atoms with Crippen LogP contribution in [0.5, 0.6) is 5.75 Å². The second-order valence-corrected chi connectivity index (χ2v) is 16.7. The molecule has 1 N–H and O–H groups in total. The Hall–Kier alpha value is -2.89. The molecule has 7 nitrogen and oxygen atoms in total. The Labute approximate surface area is 212 Å². The Balaban J connectivity index is 1.56. The van der Waals surface area contributed by atoms with Crippen molar-refractivity contribution in [2.24, 2.45) is 5.92 Å². The smallest absolute Gasteiger partial charge is 0.231 e. The molecule has 4 aromatic rings. The van der Waals surface area contributed by atoms with Crippen LogP contribution >= 0.6 is 11.3 Å². The lowest BCUT2D eigenvalue weighted by Gasteiger charge is -2.15. The van der Waals surface area contributed by atoms with Crippen molar-refractivity contribution in [3.05, 3.63) is 35.7 Å². The summed E-state index contributed by atoms with van der Waals surface area (Å²) >= 11 is 1.23. The summed E-state index contributed by atoms with van der Waals surface area (Å²) in [5.74, 6) is -0.748. The van der Waals surface area contributed by atoms with Gasteiger partial charge in [0.05, 0.1) is 34.3 Å². The zero-order valence-electron chi connectivity index (χ0n) is 20.6. The fourth-order valence-electron chi connectivity index (χ4n) is 4.08. The molecule has 36 heavy (non-hydrogen) atoms. The molecule has 1 aliphatic rings. The Bertz CT molecular complexity index is 1450. The predicted octanol–water partition coefficient (Wildman–Crippen LogP) is 6.07. The van der Waals surface area contributed by atoms with Gasteiger partial charge >= 0.3 is 0 Å². The molecule has 190 valence electrons. The number of hydrogen-bond donors (Lipinski definition) is 1. The number of fused-ring (bicyclic) bond motifs is 2. The quantitative estimate of drug-likeness (QED) is 0.210. The molecular formula is C25H28F2N4O3SSi. The summed E-state index contributed by atoms with van der Waals surface area (Å²) in [4.78, 5) is 21.1. The Kier molecular flexibility index (Phi) is 6.56. The van der Waals surface area contributed by atoms with Gasteiger partial charge in [-0.2, -0.15) is 0 Å². The average molecular weight is 531 g/mol. The lowest BCUT2D eigenvalue weighted by Crippen LogP contribution is -2.22. The molecule has 0 spiro atoms. The maximum Gasteiger partial charge on any atom is 0.231 e. The van der Waals surface area contributed by atoms with Crippen LogP contribution in [-0.4, -0.2) is 48.4 Å². The number of aromatic nitrogens is 3. The highest BCUT2D eigenvalue weighted by Gasteiger charge is 2.43. The standard InChI is InChI=1S/C25H28F2N4O3SSi/c1-33-19-10-18-23(35-12-28-18)22(27)21(19)16-11-31(13-34-7-8-36(2,3)4)24-14(16)5-6-20(29-24)30-25(32)15-9-17(15)26/h5-6,10-12,15,17H,7-9,13H2,1-4H3,(H,29,30,32)/t15-,17+/m1/s1. The molecule has 5 rings (SSSR count). The Morgan fingerprint density at radius 1 is 1.33 bits per heavy atom. The second-order valence-electron chi connectivity index (χ2n) is 10.2. The van der Waals surface area contributed by atoms with E-state index in [2.05, 4.69) is 34.9 Å². The topological polar surface area (TPSA) is 78.3 Å². The highest BCUT2D eigenvalue weighted by atomic mass is 32.1. The molecule has 0 saturated heterocycles. The maximum atomic E-state index is 15.7. The zero-order valence-corrected chi connectivity index (χ0v) is 22.4. The average Bonchev–Trinajstić information content (AvgIpc) is 3.22. The van der Waals surface area contributed by atoms with Crippen LogP contribution in [0.2, 0.25) is 25.7 Å². The number of ether oxygens (including phenoxy) is 2. The number of thiazole rings is 1. The molecule has 1 fully saturated rings. The van der Waals surface area contributed by atoms with Crippen molar-refractivity contribution in [2.45, 2.75) is 45.0 Å². The Morgan fingerprint density at radius 3 is 2.81 bits per heavy atom. The Morgan fingerprint density at radius 2 is 2.11 bits per heavy atom. The van der Waals surface area contributed by atoms with E-state index in [1.165, 1.54) is 18.4 Å². The van der Waals surface area contributed by atoms with E-state index < -0.39 is 26.0 Å². The number of nitrogens with one attached hydrogen (secondary N) is 1. The van der Waals surface area contributed by atoms with Crippen LogP contribution in [0.25, 0.3) is 32.4 Å². The van der Waals surface area contributed by atoms with Gasteiger partial charge in [-0.1, -0.05) is 19.6 Å². The van der Waals surface area contributed by atoms with Crippen LogP contribution in [0.15, 0.2) is 29.9 Å². The third kappa shape index (κ3) is 4.87. The summed E-state index contributed by atoms with van der Waals surface area (Å²) in [6.45, 7) is 7.66. The molecule has 0 bridgehead atoms. The van der Waals surface area contributed by atoms with Gasteiger partial charge in [-0.25, -0.2) is 18.7 Å². The van der Waals surface area contributed by atoms with Gasteiger partial charge < -0.3 is 19.4 Å². The number of alkyl halides is 1. The number of nitrogens with zero attached hydrogens (tertiary/aromatic N) is 3. The van der Waals surface area contributed by atoms with Gasteiger partial charge in [0, 0.05) is 37.9 Å². The van der Waals surface area contributed by atoms with Gasteiger partial charge in [-0.3, -0.25) is 4.79 Å². The number of carbonyl (C=O) groups is 1. The van der Waals surface area contributed by atoms with Gasteiger partial charge in [0.1, 0.15) is 30.1 Å². The summed E-state index contributed by atoms with van der Waals surface area (Å²) in [5.41, 5.74) is 3.57. The monoisotopic (exact) mass is 530 g/mol. The molecule has 0 radical (unpaired) electrons. The van der Waals surface area contributed by atoms with Crippen molar-refractivity contribution < 1.29 is 23.0 Å². The molecule has 2 atom stereocenters. The summed E-state index contributed by atoms with van der Waals surface area (Å²) in [5, 5.41) is 3.38. The molecule has 1 saturated carbocycles. The largest absolute Gasteiger partial charge is 0.496 e. The van der Waals surface area contributed by atoms with Crippen molar-refractivity contribution >= 4 is 52.4 Å². The van der Waals surface area contributed by atoms with E-state index >= 15 is 4.39 Å². The summed E-state index contributed by atoms with van der Waals surface area (Å²) in [6.07, 6.45) is 0.934. The first-order valence-corrected chi connectivity index (χ1v) is 16.4. The van der Waals surface area contributed by atoms with Crippen LogP contribution in [0.3, 0.4) is 0 Å². The minimum Gasteiger partial charge on any atom is -0.496 e. The van der Waals surface area contributed by atoms with E-state index in [1.807, 2.05) is 0 Å². The first-order chi connectivity index (χ1) is 17.2. The second kappa shape index (κ2) is 9.53. The van der Waals surface area contributed by atoms with E-state index in [-0.39, 0.29) is 19.1 Å². The molecule has 1 aromatic carbocycles. The highest BCUT2D eigenvalue weighted by Crippen LogP contribution is 2.42. The van der Waals surface area contributed by atoms with Gasteiger partial charge in [-0.15, -0.1) is 11.3 Å². The van der Waals surface area contributed by atoms with Crippen LogP contribution in [0, 0.1) is 11.7 Å². The van der Waals surface area contributed by atoms with Crippen molar-refractivity contribution in [3.63, 3.8) is 0 Å². The van der Waals surface area contributed by atoms with Crippen molar-refractivity contribution in [3.8, 4) is 16.9 Å². The van der Waals surface area contributed by atoms with E-state index in [0.717, 1.165) is 6.04 Å². The minimum absolute atomic E-state index is 0.216. The van der Waals surface area contributed by atoms with Crippen LogP contribution < -0.4 is 10.1 Å². The zero-order chi connectivity index (χ0) is 25.6. The summed E-state index contributed by atoms with van der Waals surface area (Å²) in [7, 11) is 0.224. The van der Waals surface area contributed by atoms with Crippen molar-refractivity contribution in [1.29, 1.82) is 0 Å². The highest BCUT2D eigenvalue weighted by molar-refractivity contribution is 7.16. The summed E-state index contributed by atoms with van der Waals surface area (Å²) < 4.78 is 42.8. The number of carbonyl (C=O) groups excluding carboxylic acids is 1. The molecule has 0 aliphatic heterocycles. The van der Waals surface area contributed by atoms with Gasteiger partial charge in [0.2, 0.25) is 5.91 Å². The molecule has 11 heteroatoms. The first-order valence-electron chi connectivity index (χ1n) is 11.8. The SMILES string of the molecule is COc1cc2ncsc2c(F)c1-c1cn(COCC[Si](C)(C)C)c2nc(NC(=O)[C@@H]3C[C@@H]3F)ccc12. The number of hydrogen-bond acceptors (Lipinski definition) is 6. The van der Waals surface area contributed by atoms with Gasteiger partial charge in [0.15, 0.2) is 5.82 Å². The van der Waals surface area contributed by atoms with Crippen LogP contribution in [-0.2, 0) is 16.3 Å². The first kappa shape index (κ1) is 24.8. The predicted molar refractivity (Wildman–Crippen MR) is 141 cm³/mol. The molecule has 1 amide bonds. The molecule has 3 heterocycles. The maximum absolute atomic E-state index is 15.7. The normalized spacial score (nSPS) is 17.6. The lowest BCUT2D eigenvalue weighted by atomic mass is 10.0. The molecular weight excluding hydrogens is 502 g/mol. The molecule has 0 unspecified atom stereocenters. The van der Waals surface area contributed by atoms with E-state index in [1.54, 1.807) is 34.5 Å². The minimum atomic E-state index is -1.27.